The van der Waals surface area contributed by atoms with Crippen LogP contribution in [0.2, 0.25) is 0 Å². The summed E-state index contributed by atoms with van der Waals surface area (Å²) < 4.78 is 5.11. The Labute approximate surface area is 94.0 Å². The molecule has 0 saturated carbocycles. The molecule has 1 aromatic carbocycles. The smallest absolute Gasteiger partial charge is 0.245 e. The van der Waals surface area contributed by atoms with E-state index in [0.29, 0.717) is 13.1 Å². The first-order valence-electron chi connectivity index (χ1n) is 5.09. The maximum absolute atomic E-state index is 11.4. The number of rotatable bonds is 4. The number of primary amides is 1. The van der Waals surface area contributed by atoms with Crippen LogP contribution in [0.4, 0.5) is 5.69 Å². The Morgan fingerprint density at radius 2 is 2.31 bits per heavy atom. The van der Waals surface area contributed by atoms with Gasteiger partial charge in [0.1, 0.15) is 11.3 Å². The topological polar surface area (TPSA) is 76.4 Å². The van der Waals surface area contributed by atoms with Gasteiger partial charge in [0.05, 0.1) is 7.11 Å². The molecule has 2 rings (SSSR count). The van der Waals surface area contributed by atoms with Crippen LogP contribution in [0.1, 0.15) is 0 Å². The minimum absolute atomic E-state index is 0.339. The summed E-state index contributed by atoms with van der Waals surface area (Å²) in [7, 11) is 1.61. The Morgan fingerprint density at radius 1 is 1.56 bits per heavy atom. The molecular weight excluding hydrogens is 206 g/mol. The van der Waals surface area contributed by atoms with E-state index in [1.807, 2.05) is 24.3 Å². The summed E-state index contributed by atoms with van der Waals surface area (Å²) in [5, 5.41) is 6.19. The molecule has 0 atom stereocenters. The van der Waals surface area contributed by atoms with Crippen molar-refractivity contribution >= 4 is 11.6 Å². The third-order valence-electron chi connectivity index (χ3n) is 2.78. The van der Waals surface area contributed by atoms with Gasteiger partial charge in [-0.1, -0.05) is 6.07 Å². The Morgan fingerprint density at radius 3 is 2.81 bits per heavy atom. The lowest BCUT2D eigenvalue weighted by Gasteiger charge is -2.41. The lowest BCUT2D eigenvalue weighted by atomic mass is 9.91. The molecule has 0 unspecified atom stereocenters. The number of carbonyl (C=O) groups excluding carboxylic acids is 1. The molecule has 1 aliphatic heterocycles. The fourth-order valence-corrected chi connectivity index (χ4v) is 1.68. The highest BCUT2D eigenvalue weighted by atomic mass is 16.5. The third-order valence-corrected chi connectivity index (χ3v) is 2.78. The van der Waals surface area contributed by atoms with Crippen molar-refractivity contribution in [2.75, 3.05) is 25.5 Å². The molecule has 0 spiro atoms. The van der Waals surface area contributed by atoms with E-state index < -0.39 is 5.54 Å². The Balaban J connectivity index is 2.16. The maximum atomic E-state index is 11.4. The predicted octanol–water partition coefficient (Wildman–Crippen LogP) is -0.0656. The summed E-state index contributed by atoms with van der Waals surface area (Å²) in [4.78, 5) is 11.4. The number of nitrogens with one attached hydrogen (secondary N) is 2. The summed E-state index contributed by atoms with van der Waals surface area (Å²) in [6.07, 6.45) is 0. The van der Waals surface area contributed by atoms with Crippen LogP contribution in [0.5, 0.6) is 5.75 Å². The Kier molecular flexibility index (Phi) is 2.70. The molecule has 5 nitrogen and oxygen atoms in total. The van der Waals surface area contributed by atoms with E-state index in [-0.39, 0.29) is 5.91 Å². The van der Waals surface area contributed by atoms with Crippen molar-refractivity contribution in [3.63, 3.8) is 0 Å². The van der Waals surface area contributed by atoms with Crippen molar-refractivity contribution in [2.24, 2.45) is 5.73 Å². The van der Waals surface area contributed by atoms with Gasteiger partial charge >= 0.3 is 0 Å². The third kappa shape index (κ3) is 1.81. The molecule has 4 N–H and O–H groups in total. The van der Waals surface area contributed by atoms with Gasteiger partial charge < -0.3 is 21.1 Å². The largest absolute Gasteiger partial charge is 0.497 e. The maximum Gasteiger partial charge on any atom is 0.245 e. The first kappa shape index (κ1) is 10.8. The molecule has 1 heterocycles. The summed E-state index contributed by atoms with van der Waals surface area (Å²) in [6.45, 7) is 1.11. The number of methoxy groups -OCH3 is 1. The van der Waals surface area contributed by atoms with Crippen molar-refractivity contribution in [1.82, 2.24) is 5.32 Å². The van der Waals surface area contributed by atoms with Crippen molar-refractivity contribution < 1.29 is 9.53 Å². The molecule has 1 amide bonds. The monoisotopic (exact) mass is 221 g/mol. The van der Waals surface area contributed by atoms with Crippen molar-refractivity contribution in [2.45, 2.75) is 5.54 Å². The van der Waals surface area contributed by atoms with Gasteiger partial charge in [0, 0.05) is 24.8 Å². The highest BCUT2D eigenvalue weighted by molar-refractivity contribution is 5.90. The molecule has 0 aliphatic carbocycles. The zero-order valence-corrected chi connectivity index (χ0v) is 9.12. The van der Waals surface area contributed by atoms with E-state index in [0.717, 1.165) is 11.4 Å². The second-order valence-corrected chi connectivity index (χ2v) is 3.91. The zero-order valence-electron chi connectivity index (χ0n) is 9.12. The lowest BCUT2D eigenvalue weighted by Crippen LogP contribution is -2.70. The summed E-state index contributed by atoms with van der Waals surface area (Å²) >= 11 is 0. The average molecular weight is 221 g/mol. The first-order chi connectivity index (χ1) is 7.66. The van der Waals surface area contributed by atoms with Crippen LogP contribution in [0.25, 0.3) is 0 Å². The summed E-state index contributed by atoms with van der Waals surface area (Å²) in [5.41, 5.74) is 5.55. The Hall–Kier alpha value is -1.75. The van der Waals surface area contributed by atoms with Crippen LogP contribution in [-0.4, -0.2) is 31.6 Å². The molecule has 5 heteroatoms. The SMILES string of the molecule is COc1cccc(NC2(C(N)=O)CNC2)c1. The minimum Gasteiger partial charge on any atom is -0.497 e. The summed E-state index contributed by atoms with van der Waals surface area (Å²) in [6, 6.07) is 7.43. The quantitative estimate of drug-likeness (QED) is 0.665. The number of benzene rings is 1. The molecule has 0 radical (unpaired) electrons. The van der Waals surface area contributed by atoms with E-state index in [9.17, 15) is 4.79 Å². The normalized spacial score (nSPS) is 17.3. The highest BCUT2D eigenvalue weighted by Crippen LogP contribution is 2.22. The van der Waals surface area contributed by atoms with E-state index in [1.165, 1.54) is 0 Å². The van der Waals surface area contributed by atoms with Gasteiger partial charge in [-0.15, -0.1) is 0 Å². The number of hydrogen-bond acceptors (Lipinski definition) is 4. The van der Waals surface area contributed by atoms with Crippen LogP contribution in [0, 0.1) is 0 Å². The molecule has 16 heavy (non-hydrogen) atoms. The van der Waals surface area contributed by atoms with Crippen LogP contribution >= 0.6 is 0 Å². The van der Waals surface area contributed by atoms with Crippen LogP contribution in [-0.2, 0) is 4.79 Å². The van der Waals surface area contributed by atoms with E-state index in [4.69, 9.17) is 10.5 Å². The number of anilines is 1. The first-order valence-corrected chi connectivity index (χ1v) is 5.09. The molecule has 1 aromatic rings. The second-order valence-electron chi connectivity index (χ2n) is 3.91. The van der Waals surface area contributed by atoms with Gasteiger partial charge in [-0.2, -0.15) is 0 Å². The minimum atomic E-state index is -0.660. The van der Waals surface area contributed by atoms with Crippen molar-refractivity contribution in [3.05, 3.63) is 24.3 Å². The fourth-order valence-electron chi connectivity index (χ4n) is 1.68. The van der Waals surface area contributed by atoms with Crippen molar-refractivity contribution in [3.8, 4) is 5.75 Å². The van der Waals surface area contributed by atoms with Crippen LogP contribution in [0.3, 0.4) is 0 Å². The van der Waals surface area contributed by atoms with Gasteiger partial charge in [0.2, 0.25) is 5.91 Å². The van der Waals surface area contributed by atoms with Gasteiger partial charge in [-0.05, 0) is 12.1 Å². The van der Waals surface area contributed by atoms with Crippen LogP contribution < -0.4 is 21.1 Å². The molecule has 0 bridgehead atoms. The highest BCUT2D eigenvalue weighted by Gasteiger charge is 2.42. The van der Waals surface area contributed by atoms with Crippen molar-refractivity contribution in [1.29, 1.82) is 0 Å². The Bertz CT molecular complexity index is 402. The van der Waals surface area contributed by atoms with E-state index >= 15 is 0 Å². The zero-order chi connectivity index (χ0) is 11.6. The van der Waals surface area contributed by atoms with Crippen LogP contribution in [0.15, 0.2) is 24.3 Å². The van der Waals surface area contributed by atoms with Gasteiger partial charge in [-0.25, -0.2) is 0 Å². The number of nitrogens with two attached hydrogens (primary N) is 1. The average Bonchev–Trinajstić information content (AvgIpc) is 2.23. The van der Waals surface area contributed by atoms with Gasteiger partial charge in [0.15, 0.2) is 0 Å². The second kappa shape index (κ2) is 4.02. The standard InChI is InChI=1S/C11H15N3O2/c1-16-9-4-2-3-8(5-9)14-11(10(12)15)6-13-7-11/h2-5,13-14H,6-7H2,1H3,(H2,12,15). The number of carbonyl (C=O) groups is 1. The number of ether oxygens (including phenoxy) is 1. The molecular formula is C11H15N3O2. The van der Waals surface area contributed by atoms with Gasteiger partial charge in [-0.3, -0.25) is 4.79 Å². The predicted molar refractivity (Wildman–Crippen MR) is 61.4 cm³/mol. The van der Waals surface area contributed by atoms with E-state index in [1.54, 1.807) is 7.11 Å². The number of amides is 1. The summed E-state index contributed by atoms with van der Waals surface area (Å²) in [5.74, 6) is 0.408. The lowest BCUT2D eigenvalue weighted by molar-refractivity contribution is -0.123. The molecule has 1 aliphatic rings. The molecule has 0 aromatic heterocycles. The fraction of sp³-hybridized carbons (Fsp3) is 0.364. The van der Waals surface area contributed by atoms with E-state index in [2.05, 4.69) is 10.6 Å². The molecule has 1 fully saturated rings. The molecule has 1 saturated heterocycles. The van der Waals surface area contributed by atoms with Gasteiger partial charge in [0.25, 0.3) is 0 Å². The molecule has 86 valence electrons. The number of hydrogen-bond donors (Lipinski definition) is 3.